The second kappa shape index (κ2) is 17.6. The highest BCUT2D eigenvalue weighted by Gasteiger charge is 2.20. The lowest BCUT2D eigenvalue weighted by Crippen LogP contribution is -2.09. The summed E-state index contributed by atoms with van der Waals surface area (Å²) in [5.41, 5.74) is 20.2. The van der Waals surface area contributed by atoms with Crippen molar-refractivity contribution in [2.24, 2.45) is 0 Å². The van der Waals surface area contributed by atoms with Crippen LogP contribution in [0, 0.1) is 0 Å². The molecule has 3 nitrogen and oxygen atoms in total. The lowest BCUT2D eigenvalue weighted by molar-refractivity contribution is 0.670. The molecule has 0 saturated heterocycles. The maximum atomic E-state index is 6.49. The molecular formula is C70H46N2O. The Bertz CT molecular complexity index is 4340. The third-order valence-corrected chi connectivity index (χ3v) is 14.6. The average Bonchev–Trinajstić information content (AvgIpc) is 4.02. The van der Waals surface area contributed by atoms with Crippen molar-refractivity contribution in [1.29, 1.82) is 0 Å². The quantitative estimate of drug-likeness (QED) is 0.144. The van der Waals surface area contributed by atoms with Crippen LogP contribution in [0.15, 0.2) is 283 Å². The lowest BCUT2D eigenvalue weighted by Gasteiger charge is -2.26. The van der Waals surface area contributed by atoms with Gasteiger partial charge in [-0.05, 0) is 116 Å². The molecule has 2 heterocycles. The third-order valence-electron chi connectivity index (χ3n) is 14.6. The minimum atomic E-state index is 0.898. The molecular weight excluding hydrogens is 885 g/mol. The fourth-order valence-electron chi connectivity index (χ4n) is 11.2. The van der Waals surface area contributed by atoms with Crippen LogP contribution in [0.1, 0.15) is 0 Å². The number of hydrogen-bond acceptors (Lipinski definition) is 2. The van der Waals surface area contributed by atoms with Gasteiger partial charge >= 0.3 is 0 Å². The summed E-state index contributed by atoms with van der Waals surface area (Å²) in [6.07, 6.45) is 0. The van der Waals surface area contributed by atoms with E-state index in [9.17, 15) is 0 Å². The largest absolute Gasteiger partial charge is 0.455 e. The summed E-state index contributed by atoms with van der Waals surface area (Å²) < 4.78 is 8.93. The van der Waals surface area contributed by atoms with Crippen molar-refractivity contribution in [3.8, 4) is 61.3 Å². The zero-order valence-electron chi connectivity index (χ0n) is 39.9. The summed E-state index contributed by atoms with van der Waals surface area (Å²) >= 11 is 0. The van der Waals surface area contributed by atoms with Gasteiger partial charge in [0, 0.05) is 55.2 Å². The molecule has 342 valence electrons. The van der Waals surface area contributed by atoms with Crippen molar-refractivity contribution in [2.75, 3.05) is 4.90 Å². The number of furan rings is 1. The van der Waals surface area contributed by atoms with E-state index in [1.807, 2.05) is 12.1 Å². The van der Waals surface area contributed by atoms with Gasteiger partial charge < -0.3 is 13.9 Å². The molecule has 0 atom stereocenters. The van der Waals surface area contributed by atoms with Crippen molar-refractivity contribution < 1.29 is 4.42 Å². The first-order valence-corrected chi connectivity index (χ1v) is 25.0. The van der Waals surface area contributed by atoms with Gasteiger partial charge in [-0.15, -0.1) is 0 Å². The van der Waals surface area contributed by atoms with Crippen molar-refractivity contribution >= 4 is 71.6 Å². The van der Waals surface area contributed by atoms with Crippen LogP contribution in [0.2, 0.25) is 0 Å². The molecule has 12 aromatic carbocycles. The number of hydrogen-bond donors (Lipinski definition) is 0. The molecule has 0 N–H and O–H groups in total. The first kappa shape index (κ1) is 42.2. The van der Waals surface area contributed by atoms with E-state index in [-0.39, 0.29) is 0 Å². The van der Waals surface area contributed by atoms with Crippen LogP contribution in [-0.4, -0.2) is 4.57 Å². The predicted octanol–water partition coefficient (Wildman–Crippen LogP) is 19.6. The van der Waals surface area contributed by atoms with Gasteiger partial charge in [-0.2, -0.15) is 0 Å². The molecule has 0 spiro atoms. The number of nitrogens with zero attached hydrogens (tertiary/aromatic N) is 2. The summed E-state index contributed by atoms with van der Waals surface area (Å²) in [6.45, 7) is 0. The Morgan fingerprint density at radius 3 is 1.44 bits per heavy atom. The first-order valence-electron chi connectivity index (χ1n) is 25.0. The molecule has 3 heteroatoms. The van der Waals surface area contributed by atoms with Crippen LogP contribution in [0.4, 0.5) is 17.1 Å². The first-order chi connectivity index (χ1) is 36.2. The number of aromatic nitrogens is 1. The average molecular weight is 931 g/mol. The minimum Gasteiger partial charge on any atom is -0.455 e. The van der Waals surface area contributed by atoms with Crippen LogP contribution in [0.3, 0.4) is 0 Å². The Balaban J connectivity index is 0.869. The highest BCUT2D eigenvalue weighted by Crippen LogP contribution is 2.44. The second-order valence-electron chi connectivity index (χ2n) is 18.8. The Labute approximate surface area is 423 Å². The van der Waals surface area contributed by atoms with E-state index in [0.717, 1.165) is 72.5 Å². The van der Waals surface area contributed by atoms with Gasteiger partial charge in [-0.3, -0.25) is 0 Å². The van der Waals surface area contributed by atoms with Crippen molar-refractivity contribution in [2.45, 2.75) is 0 Å². The number of rotatable bonds is 9. The van der Waals surface area contributed by atoms with Gasteiger partial charge in [0.15, 0.2) is 0 Å². The Kier molecular flexibility index (Phi) is 10.2. The van der Waals surface area contributed by atoms with E-state index in [4.69, 9.17) is 4.42 Å². The molecule has 14 rings (SSSR count). The zero-order chi connectivity index (χ0) is 48.2. The van der Waals surface area contributed by atoms with E-state index >= 15 is 0 Å². The van der Waals surface area contributed by atoms with Gasteiger partial charge in [0.2, 0.25) is 0 Å². The monoisotopic (exact) mass is 930 g/mol. The van der Waals surface area contributed by atoms with Gasteiger partial charge in [0.1, 0.15) is 11.2 Å². The Morgan fingerprint density at radius 2 is 0.767 bits per heavy atom. The van der Waals surface area contributed by atoms with E-state index < -0.39 is 0 Å². The molecule has 0 aliphatic carbocycles. The predicted molar refractivity (Wildman–Crippen MR) is 307 cm³/mol. The molecule has 2 aromatic heterocycles. The van der Waals surface area contributed by atoms with Crippen molar-refractivity contribution in [1.82, 2.24) is 4.57 Å². The number of para-hydroxylation sites is 3. The SMILES string of the molecule is c1ccc(-c2ccccc2-c2ccccc2-c2ccc(N(c3ccc(-c4ccc5c6ccc7ccccc7c6n(-c6ccccc6)c5c4)cc3)c3ccc(-c4cccc5c4oc4ccccc45)cc3)cc2)cc1. The van der Waals surface area contributed by atoms with Crippen LogP contribution in [0.25, 0.3) is 116 Å². The molecule has 0 unspecified atom stereocenters. The molecule has 73 heavy (non-hydrogen) atoms. The molecule has 0 fully saturated rings. The number of benzene rings is 12. The van der Waals surface area contributed by atoms with Gasteiger partial charge in [0.05, 0.1) is 11.0 Å². The van der Waals surface area contributed by atoms with E-state index in [1.165, 1.54) is 60.4 Å². The standard InChI is InChI=1S/C70H46N2O/c1-3-16-48(17-4-1)57-21-9-11-24-61(57)62-25-12-10-22-58(62)50-32-40-55(41-33-50)71(56-42-34-51(35-43-56)60-27-15-28-66-64-26-13-14-29-68(64)73-70(60)66)54-38-30-47(31-39-54)52-37-44-63-65-45-36-49-18-7-8-23-59(49)69(65)72(67(63)46-52)53-19-5-2-6-20-53/h1-46H. The Morgan fingerprint density at radius 1 is 0.288 bits per heavy atom. The van der Waals surface area contributed by atoms with Gasteiger partial charge in [-0.1, -0.05) is 218 Å². The number of fused-ring (bicyclic) bond motifs is 8. The summed E-state index contributed by atoms with van der Waals surface area (Å²) in [7, 11) is 0. The van der Waals surface area contributed by atoms with Crippen molar-refractivity contribution in [3.05, 3.63) is 279 Å². The minimum absolute atomic E-state index is 0.898. The van der Waals surface area contributed by atoms with E-state index in [1.54, 1.807) is 0 Å². The summed E-state index contributed by atoms with van der Waals surface area (Å²) in [5, 5.41) is 7.22. The normalized spacial score (nSPS) is 11.6. The molecule has 0 bridgehead atoms. The topological polar surface area (TPSA) is 21.3 Å². The summed E-state index contributed by atoms with van der Waals surface area (Å²) in [6, 6.07) is 101. The Hall–Kier alpha value is -9.70. The highest BCUT2D eigenvalue weighted by atomic mass is 16.3. The number of anilines is 3. The van der Waals surface area contributed by atoms with Crippen molar-refractivity contribution in [3.63, 3.8) is 0 Å². The summed E-state index contributed by atoms with van der Waals surface area (Å²) in [4.78, 5) is 2.36. The van der Waals surface area contributed by atoms with Crippen LogP contribution >= 0.6 is 0 Å². The highest BCUT2D eigenvalue weighted by molar-refractivity contribution is 6.19. The van der Waals surface area contributed by atoms with E-state index in [0.29, 0.717) is 0 Å². The van der Waals surface area contributed by atoms with Gasteiger partial charge in [-0.25, -0.2) is 0 Å². The second-order valence-corrected chi connectivity index (χ2v) is 18.8. The lowest BCUT2D eigenvalue weighted by atomic mass is 9.89. The maximum absolute atomic E-state index is 6.49. The van der Waals surface area contributed by atoms with Crippen LogP contribution in [0.5, 0.6) is 0 Å². The smallest absolute Gasteiger partial charge is 0.143 e. The third kappa shape index (κ3) is 7.29. The molecule has 0 radical (unpaired) electrons. The van der Waals surface area contributed by atoms with Crippen LogP contribution < -0.4 is 4.90 Å². The van der Waals surface area contributed by atoms with Crippen LogP contribution in [-0.2, 0) is 0 Å². The maximum Gasteiger partial charge on any atom is 0.143 e. The molecule has 0 aliphatic rings. The zero-order valence-corrected chi connectivity index (χ0v) is 39.9. The van der Waals surface area contributed by atoms with E-state index in [2.05, 4.69) is 276 Å². The molecule has 0 amide bonds. The fraction of sp³-hybridized carbons (Fsp3) is 0. The molecule has 0 aliphatic heterocycles. The van der Waals surface area contributed by atoms with Gasteiger partial charge in [0.25, 0.3) is 0 Å². The molecule has 0 saturated carbocycles. The fourth-order valence-corrected chi connectivity index (χ4v) is 11.2. The summed E-state index contributed by atoms with van der Waals surface area (Å²) in [5.74, 6) is 0. The molecule has 14 aromatic rings.